The molecule has 5 heteroatoms. The molecule has 0 aliphatic heterocycles. The Kier molecular flexibility index (Phi) is 4.50. The van der Waals surface area contributed by atoms with Crippen LogP contribution < -0.4 is 10.5 Å². The molecule has 0 amide bonds. The van der Waals surface area contributed by atoms with Crippen LogP contribution >= 0.6 is 15.9 Å². The van der Waals surface area contributed by atoms with Crippen LogP contribution in [0.15, 0.2) is 41.0 Å². The molecular formula is C14H14BrFN2O. The number of hydrogen-bond donors (Lipinski definition) is 1. The number of rotatable bonds is 4. The van der Waals surface area contributed by atoms with Crippen molar-refractivity contribution in [3.05, 3.63) is 58.1 Å². The Bertz CT molecular complexity index is 560. The molecule has 0 aliphatic rings. The molecule has 1 unspecified atom stereocenters. The highest BCUT2D eigenvalue weighted by atomic mass is 79.9. The number of nitrogens with zero attached hydrogens (tertiary/aromatic N) is 1. The summed E-state index contributed by atoms with van der Waals surface area (Å²) in [7, 11) is 1.44. The first-order chi connectivity index (χ1) is 9.10. The van der Waals surface area contributed by atoms with E-state index < -0.39 is 0 Å². The van der Waals surface area contributed by atoms with Gasteiger partial charge in [0.1, 0.15) is 0 Å². The van der Waals surface area contributed by atoms with Crippen LogP contribution in [-0.2, 0) is 6.42 Å². The van der Waals surface area contributed by atoms with Gasteiger partial charge in [-0.15, -0.1) is 0 Å². The highest BCUT2D eigenvalue weighted by Crippen LogP contribution is 2.21. The third-order valence-corrected chi connectivity index (χ3v) is 3.27. The third kappa shape index (κ3) is 3.52. The average molecular weight is 325 g/mol. The van der Waals surface area contributed by atoms with Gasteiger partial charge in [0.15, 0.2) is 11.6 Å². The van der Waals surface area contributed by atoms with Gasteiger partial charge in [0, 0.05) is 10.7 Å². The molecule has 0 saturated heterocycles. The Labute approximate surface area is 119 Å². The molecular weight excluding hydrogens is 311 g/mol. The summed E-state index contributed by atoms with van der Waals surface area (Å²) >= 11 is 3.32. The fourth-order valence-electron chi connectivity index (χ4n) is 1.80. The number of aromatic nitrogens is 1. The first kappa shape index (κ1) is 14.0. The maximum Gasteiger partial charge on any atom is 0.165 e. The number of pyridine rings is 1. The van der Waals surface area contributed by atoms with E-state index in [0.29, 0.717) is 6.42 Å². The van der Waals surface area contributed by atoms with Crippen molar-refractivity contribution in [1.29, 1.82) is 0 Å². The summed E-state index contributed by atoms with van der Waals surface area (Å²) in [5.41, 5.74) is 7.66. The van der Waals surface area contributed by atoms with E-state index in [4.69, 9.17) is 10.5 Å². The van der Waals surface area contributed by atoms with Crippen molar-refractivity contribution in [2.45, 2.75) is 12.5 Å². The lowest BCUT2D eigenvalue weighted by molar-refractivity contribution is 0.386. The monoisotopic (exact) mass is 324 g/mol. The van der Waals surface area contributed by atoms with E-state index >= 15 is 0 Å². The molecule has 0 aliphatic carbocycles. The Hall–Kier alpha value is -1.46. The van der Waals surface area contributed by atoms with E-state index in [-0.39, 0.29) is 17.6 Å². The topological polar surface area (TPSA) is 48.1 Å². The Morgan fingerprint density at radius 1 is 1.37 bits per heavy atom. The molecule has 2 aromatic rings. The summed E-state index contributed by atoms with van der Waals surface area (Å²) in [5, 5.41) is 0. The van der Waals surface area contributed by atoms with Gasteiger partial charge >= 0.3 is 0 Å². The van der Waals surface area contributed by atoms with Crippen LogP contribution in [0.1, 0.15) is 17.3 Å². The van der Waals surface area contributed by atoms with Crippen molar-refractivity contribution >= 4 is 15.9 Å². The average Bonchev–Trinajstić information content (AvgIpc) is 2.39. The lowest BCUT2D eigenvalue weighted by Gasteiger charge is -2.12. The van der Waals surface area contributed by atoms with Gasteiger partial charge in [0.2, 0.25) is 0 Å². The Morgan fingerprint density at radius 2 is 2.16 bits per heavy atom. The molecule has 0 saturated carbocycles. The zero-order chi connectivity index (χ0) is 13.8. The maximum atomic E-state index is 13.6. The molecule has 1 aromatic heterocycles. The lowest BCUT2D eigenvalue weighted by Crippen LogP contribution is -2.14. The van der Waals surface area contributed by atoms with E-state index in [9.17, 15) is 4.39 Å². The minimum atomic E-state index is -0.379. The van der Waals surface area contributed by atoms with Gasteiger partial charge < -0.3 is 10.5 Å². The zero-order valence-electron chi connectivity index (χ0n) is 10.4. The summed E-state index contributed by atoms with van der Waals surface area (Å²) in [5.74, 6) is -0.143. The standard InChI is InChI=1S/C14H14BrFN2O/c1-19-14-5-2-9(6-11(14)16)7-12(17)13-4-3-10(15)8-18-13/h2-6,8,12H,7,17H2,1H3. The summed E-state index contributed by atoms with van der Waals surface area (Å²) in [6, 6.07) is 8.33. The van der Waals surface area contributed by atoms with E-state index in [2.05, 4.69) is 20.9 Å². The molecule has 1 heterocycles. The predicted octanol–water partition coefficient (Wildman–Crippen LogP) is 3.23. The number of halogens is 2. The van der Waals surface area contributed by atoms with Crippen LogP contribution in [0.4, 0.5) is 4.39 Å². The molecule has 0 fully saturated rings. The van der Waals surface area contributed by atoms with Crippen molar-refractivity contribution in [3.63, 3.8) is 0 Å². The Morgan fingerprint density at radius 3 is 2.74 bits per heavy atom. The maximum absolute atomic E-state index is 13.6. The largest absolute Gasteiger partial charge is 0.494 e. The minimum absolute atomic E-state index is 0.235. The van der Waals surface area contributed by atoms with Gasteiger partial charge in [-0.1, -0.05) is 6.07 Å². The highest BCUT2D eigenvalue weighted by Gasteiger charge is 2.10. The first-order valence-corrected chi connectivity index (χ1v) is 6.59. The van der Waals surface area contributed by atoms with Crippen molar-refractivity contribution in [3.8, 4) is 5.75 Å². The van der Waals surface area contributed by atoms with Crippen molar-refractivity contribution < 1.29 is 9.13 Å². The normalized spacial score (nSPS) is 12.2. The van der Waals surface area contributed by atoms with Gasteiger partial charge in [0.05, 0.1) is 18.8 Å². The van der Waals surface area contributed by atoms with E-state index in [1.54, 1.807) is 18.3 Å². The minimum Gasteiger partial charge on any atom is -0.494 e. The fraction of sp³-hybridized carbons (Fsp3) is 0.214. The van der Waals surface area contributed by atoms with E-state index in [1.165, 1.54) is 13.2 Å². The number of methoxy groups -OCH3 is 1. The predicted molar refractivity (Wildman–Crippen MR) is 75.5 cm³/mol. The van der Waals surface area contributed by atoms with Crippen LogP contribution in [0.2, 0.25) is 0 Å². The van der Waals surface area contributed by atoms with Crippen molar-refractivity contribution in [1.82, 2.24) is 4.98 Å². The molecule has 2 rings (SSSR count). The second kappa shape index (κ2) is 6.12. The molecule has 1 aromatic carbocycles. The SMILES string of the molecule is COc1ccc(CC(N)c2ccc(Br)cn2)cc1F. The van der Waals surface area contributed by atoms with Crippen LogP contribution in [0.3, 0.4) is 0 Å². The molecule has 19 heavy (non-hydrogen) atoms. The van der Waals surface area contributed by atoms with Gasteiger partial charge in [-0.25, -0.2) is 4.39 Å². The highest BCUT2D eigenvalue weighted by molar-refractivity contribution is 9.10. The second-order valence-electron chi connectivity index (χ2n) is 4.18. The van der Waals surface area contributed by atoms with Crippen molar-refractivity contribution in [2.75, 3.05) is 7.11 Å². The quantitative estimate of drug-likeness (QED) is 0.939. The zero-order valence-corrected chi connectivity index (χ0v) is 12.0. The summed E-state index contributed by atoms with van der Waals surface area (Å²) in [6.45, 7) is 0. The van der Waals surface area contributed by atoms with Gasteiger partial charge in [-0.3, -0.25) is 4.98 Å². The number of benzene rings is 1. The van der Waals surface area contributed by atoms with Gasteiger partial charge in [-0.05, 0) is 52.2 Å². The number of hydrogen-bond acceptors (Lipinski definition) is 3. The molecule has 0 bridgehead atoms. The molecule has 0 spiro atoms. The van der Waals surface area contributed by atoms with Gasteiger partial charge in [0.25, 0.3) is 0 Å². The van der Waals surface area contributed by atoms with Crippen molar-refractivity contribution in [2.24, 2.45) is 5.73 Å². The fourth-order valence-corrected chi connectivity index (χ4v) is 2.04. The number of nitrogens with two attached hydrogens (primary N) is 1. The molecule has 0 radical (unpaired) electrons. The molecule has 100 valence electrons. The lowest BCUT2D eigenvalue weighted by atomic mass is 10.0. The summed E-state index contributed by atoms with van der Waals surface area (Å²) in [6.07, 6.45) is 2.22. The molecule has 2 N–H and O–H groups in total. The molecule has 3 nitrogen and oxygen atoms in total. The summed E-state index contributed by atoms with van der Waals surface area (Å²) in [4.78, 5) is 4.24. The first-order valence-electron chi connectivity index (χ1n) is 5.79. The third-order valence-electron chi connectivity index (χ3n) is 2.80. The second-order valence-corrected chi connectivity index (χ2v) is 5.10. The van der Waals surface area contributed by atoms with Crippen LogP contribution in [-0.4, -0.2) is 12.1 Å². The van der Waals surface area contributed by atoms with E-state index in [1.807, 2.05) is 12.1 Å². The van der Waals surface area contributed by atoms with Crippen LogP contribution in [0.5, 0.6) is 5.75 Å². The van der Waals surface area contributed by atoms with Crippen LogP contribution in [0, 0.1) is 5.82 Å². The van der Waals surface area contributed by atoms with E-state index in [0.717, 1.165) is 15.7 Å². The Balaban J connectivity index is 2.12. The summed E-state index contributed by atoms with van der Waals surface area (Å²) < 4.78 is 19.3. The van der Waals surface area contributed by atoms with Gasteiger partial charge in [-0.2, -0.15) is 0 Å². The van der Waals surface area contributed by atoms with Crippen LogP contribution in [0.25, 0.3) is 0 Å². The molecule has 1 atom stereocenters. The number of ether oxygens (including phenoxy) is 1. The smallest absolute Gasteiger partial charge is 0.165 e.